The summed E-state index contributed by atoms with van der Waals surface area (Å²) in [5.74, 6) is 0.725. The molecule has 1 amide bonds. The molecule has 1 N–H and O–H groups in total. The van der Waals surface area contributed by atoms with Crippen LogP contribution in [0.4, 0.5) is 0 Å². The molecule has 3 heterocycles. The molecule has 5 nitrogen and oxygen atoms in total. The first-order valence-corrected chi connectivity index (χ1v) is 8.99. The number of amides is 1. The summed E-state index contributed by atoms with van der Waals surface area (Å²) in [5, 5.41) is 5.02. The molecule has 0 aliphatic rings. The molecule has 4 aromatic rings. The molecule has 0 unspecified atom stereocenters. The summed E-state index contributed by atoms with van der Waals surface area (Å²) in [5.41, 5.74) is 2.14. The van der Waals surface area contributed by atoms with Gasteiger partial charge in [-0.1, -0.05) is 6.07 Å². The van der Waals surface area contributed by atoms with Gasteiger partial charge in [-0.25, -0.2) is 0 Å². The molecule has 0 bridgehead atoms. The van der Waals surface area contributed by atoms with Crippen LogP contribution in [0.1, 0.15) is 26.9 Å². The van der Waals surface area contributed by atoms with E-state index in [0.29, 0.717) is 12.1 Å². The number of nitrogens with zero attached hydrogens (tertiary/aromatic N) is 2. The van der Waals surface area contributed by atoms with Crippen LogP contribution >= 0.6 is 23.1 Å². The summed E-state index contributed by atoms with van der Waals surface area (Å²) in [6.07, 6.45) is 1.65. The highest BCUT2D eigenvalue weighted by atomic mass is 32.1. The van der Waals surface area contributed by atoms with E-state index >= 15 is 0 Å². The normalized spacial score (nSPS) is 12.3. The second-order valence-electron chi connectivity index (χ2n) is 5.26. The number of benzene rings is 1. The van der Waals surface area contributed by atoms with Crippen LogP contribution in [0, 0.1) is 0 Å². The highest BCUT2D eigenvalue weighted by Crippen LogP contribution is 2.28. The largest absolute Gasteiger partial charge is 0.469 e. The van der Waals surface area contributed by atoms with Crippen molar-refractivity contribution in [2.24, 2.45) is 0 Å². The number of aromatic nitrogens is 2. The molecule has 0 aliphatic heterocycles. The van der Waals surface area contributed by atoms with Gasteiger partial charge in [-0.05, 0) is 41.8 Å². The number of hydrogen-bond donors (Lipinski definition) is 1. The van der Waals surface area contributed by atoms with E-state index < -0.39 is 0 Å². The van der Waals surface area contributed by atoms with Gasteiger partial charge >= 0.3 is 0 Å². The summed E-state index contributed by atoms with van der Waals surface area (Å²) < 4.78 is 13.9. The summed E-state index contributed by atoms with van der Waals surface area (Å²) in [7, 11) is 0. The maximum absolute atomic E-state index is 12.5. The lowest BCUT2D eigenvalue weighted by molar-refractivity contribution is 0.0952. The Morgan fingerprint density at radius 1 is 1.17 bits per heavy atom. The van der Waals surface area contributed by atoms with Crippen LogP contribution in [-0.4, -0.2) is 21.2 Å². The van der Waals surface area contributed by atoms with Crippen molar-refractivity contribution in [1.29, 1.82) is 0 Å². The maximum Gasteiger partial charge on any atom is 0.251 e. The predicted octanol–water partition coefficient (Wildman–Crippen LogP) is 3.91. The van der Waals surface area contributed by atoms with Crippen molar-refractivity contribution in [3.8, 4) is 0 Å². The van der Waals surface area contributed by atoms with Crippen molar-refractivity contribution in [2.75, 3.05) is 6.54 Å². The van der Waals surface area contributed by atoms with Gasteiger partial charge < -0.3 is 9.73 Å². The van der Waals surface area contributed by atoms with Gasteiger partial charge in [0.05, 0.1) is 23.9 Å². The molecule has 0 radical (unpaired) electrons. The summed E-state index contributed by atoms with van der Waals surface area (Å²) in [6, 6.07) is 13.2. The van der Waals surface area contributed by atoms with Crippen LogP contribution in [0.15, 0.2) is 58.5 Å². The lowest BCUT2D eigenvalue weighted by Crippen LogP contribution is -2.28. The number of thiophene rings is 1. The fourth-order valence-electron chi connectivity index (χ4n) is 2.54. The van der Waals surface area contributed by atoms with E-state index in [1.807, 2.05) is 29.6 Å². The topological polar surface area (TPSA) is 68.0 Å². The quantitative estimate of drug-likeness (QED) is 0.589. The highest BCUT2D eigenvalue weighted by molar-refractivity contribution is 7.10. The van der Waals surface area contributed by atoms with Crippen LogP contribution < -0.4 is 5.32 Å². The van der Waals surface area contributed by atoms with E-state index in [2.05, 4.69) is 20.1 Å². The minimum atomic E-state index is -0.127. The molecule has 0 saturated carbocycles. The van der Waals surface area contributed by atoms with Crippen LogP contribution in [0.3, 0.4) is 0 Å². The lowest BCUT2D eigenvalue weighted by atomic mass is 10.0. The zero-order chi connectivity index (χ0) is 16.4. The summed E-state index contributed by atoms with van der Waals surface area (Å²) in [4.78, 5) is 13.6. The number of hydrogen-bond acceptors (Lipinski definition) is 6. The molecule has 4 rings (SSSR count). The third-order valence-corrected chi connectivity index (χ3v) is 5.30. The Balaban J connectivity index is 1.52. The smallest absolute Gasteiger partial charge is 0.251 e. The molecule has 7 heteroatoms. The van der Waals surface area contributed by atoms with Crippen LogP contribution in [0.5, 0.6) is 0 Å². The van der Waals surface area contributed by atoms with E-state index in [-0.39, 0.29) is 11.8 Å². The Kier molecular flexibility index (Phi) is 4.10. The fourth-order valence-corrected chi connectivity index (χ4v) is 3.89. The van der Waals surface area contributed by atoms with Gasteiger partial charge in [-0.3, -0.25) is 4.79 Å². The first-order chi connectivity index (χ1) is 11.8. The third kappa shape index (κ3) is 2.95. The summed E-state index contributed by atoms with van der Waals surface area (Å²) >= 11 is 2.80. The lowest BCUT2D eigenvalue weighted by Gasteiger charge is -2.14. The average molecular weight is 355 g/mol. The van der Waals surface area contributed by atoms with Gasteiger partial charge in [0, 0.05) is 17.0 Å². The molecule has 1 atom stereocenters. The maximum atomic E-state index is 12.5. The van der Waals surface area contributed by atoms with Crippen molar-refractivity contribution in [1.82, 2.24) is 14.1 Å². The van der Waals surface area contributed by atoms with E-state index in [1.54, 1.807) is 29.7 Å². The fraction of sp³-hybridized carbons (Fsp3) is 0.118. The minimum absolute atomic E-state index is 0.00798. The van der Waals surface area contributed by atoms with Gasteiger partial charge in [-0.15, -0.1) is 11.3 Å². The van der Waals surface area contributed by atoms with E-state index in [1.165, 1.54) is 0 Å². The van der Waals surface area contributed by atoms with Crippen LogP contribution in [0.2, 0.25) is 0 Å². The SMILES string of the molecule is O=C(NC[C@H](c1ccco1)c1cccs1)c1ccc2nsnc2c1. The van der Waals surface area contributed by atoms with Crippen molar-refractivity contribution in [2.45, 2.75) is 5.92 Å². The minimum Gasteiger partial charge on any atom is -0.469 e. The Morgan fingerprint density at radius 2 is 2.08 bits per heavy atom. The van der Waals surface area contributed by atoms with Crippen molar-refractivity contribution < 1.29 is 9.21 Å². The number of nitrogens with one attached hydrogen (secondary N) is 1. The van der Waals surface area contributed by atoms with Crippen molar-refractivity contribution in [3.05, 3.63) is 70.3 Å². The monoisotopic (exact) mass is 355 g/mol. The van der Waals surface area contributed by atoms with Crippen LogP contribution in [0.25, 0.3) is 11.0 Å². The highest BCUT2D eigenvalue weighted by Gasteiger charge is 2.19. The third-order valence-electron chi connectivity index (χ3n) is 3.76. The second kappa shape index (κ2) is 6.54. The Morgan fingerprint density at radius 3 is 2.88 bits per heavy atom. The van der Waals surface area contributed by atoms with Gasteiger partial charge in [-0.2, -0.15) is 8.75 Å². The standard InChI is InChI=1S/C17H13N3O2S2/c21-17(11-5-6-13-14(9-11)20-24-19-13)18-10-12(15-3-1-7-22-15)16-4-2-8-23-16/h1-9,12H,10H2,(H,18,21)/t12-/m1/s1. The summed E-state index contributed by atoms with van der Waals surface area (Å²) in [6.45, 7) is 0.472. The van der Waals surface area contributed by atoms with E-state index in [4.69, 9.17) is 4.42 Å². The number of carbonyl (C=O) groups is 1. The predicted molar refractivity (Wildman–Crippen MR) is 94.6 cm³/mol. The Hall–Kier alpha value is -2.51. The van der Waals surface area contributed by atoms with E-state index in [0.717, 1.165) is 33.4 Å². The second-order valence-corrected chi connectivity index (χ2v) is 6.77. The molecule has 0 aliphatic carbocycles. The van der Waals surface area contributed by atoms with Gasteiger partial charge in [0.25, 0.3) is 5.91 Å². The van der Waals surface area contributed by atoms with Gasteiger partial charge in [0.2, 0.25) is 0 Å². The van der Waals surface area contributed by atoms with Gasteiger partial charge in [0.15, 0.2) is 0 Å². The molecule has 24 heavy (non-hydrogen) atoms. The molecule has 0 saturated heterocycles. The zero-order valence-corrected chi connectivity index (χ0v) is 14.1. The first-order valence-electron chi connectivity index (χ1n) is 7.38. The zero-order valence-electron chi connectivity index (χ0n) is 12.5. The van der Waals surface area contributed by atoms with Crippen LogP contribution in [-0.2, 0) is 0 Å². The molecular formula is C17H13N3O2S2. The van der Waals surface area contributed by atoms with E-state index in [9.17, 15) is 4.79 Å². The molecule has 1 aromatic carbocycles. The van der Waals surface area contributed by atoms with Crippen molar-refractivity contribution in [3.63, 3.8) is 0 Å². The van der Waals surface area contributed by atoms with Gasteiger partial charge in [0.1, 0.15) is 16.8 Å². The number of furan rings is 1. The molecule has 120 valence electrons. The Labute approximate surface area is 146 Å². The number of fused-ring (bicyclic) bond motifs is 1. The molecule has 0 spiro atoms. The van der Waals surface area contributed by atoms with Crippen molar-refractivity contribution >= 4 is 40.0 Å². The molecular weight excluding hydrogens is 342 g/mol. The molecule has 0 fully saturated rings. The first kappa shape index (κ1) is 15.0. The number of rotatable bonds is 5. The Bertz CT molecular complexity index is 911. The molecule has 3 aromatic heterocycles. The average Bonchev–Trinajstić information content (AvgIpc) is 3.36. The number of carbonyl (C=O) groups excluding carboxylic acids is 1.